The van der Waals surface area contributed by atoms with Crippen molar-refractivity contribution in [3.05, 3.63) is 59.7 Å². The second-order valence-electron chi connectivity index (χ2n) is 7.40. The fourth-order valence-electron chi connectivity index (χ4n) is 3.44. The van der Waals surface area contributed by atoms with Gasteiger partial charge in [-0.05, 0) is 38.1 Å². The zero-order valence-corrected chi connectivity index (χ0v) is 18.1. The predicted octanol–water partition coefficient (Wildman–Crippen LogP) is 1.95. The molecule has 162 valence electrons. The molecule has 2 aromatic carbocycles. The summed E-state index contributed by atoms with van der Waals surface area (Å²) in [6.07, 6.45) is -3.28. The Bertz CT molecular complexity index is 1020. The number of aryl methyl sites for hydroxylation is 2. The van der Waals surface area contributed by atoms with Gasteiger partial charge in [-0.1, -0.05) is 35.4 Å². The van der Waals surface area contributed by atoms with Crippen LogP contribution in [-0.4, -0.2) is 54.5 Å². The van der Waals surface area contributed by atoms with Gasteiger partial charge in [0.15, 0.2) is 0 Å². The highest BCUT2D eigenvalue weighted by Crippen LogP contribution is 2.33. The summed E-state index contributed by atoms with van der Waals surface area (Å²) >= 11 is 0. The average Bonchev–Trinajstić information content (AvgIpc) is 3.26. The van der Waals surface area contributed by atoms with Crippen LogP contribution in [0.15, 0.2) is 58.3 Å². The third kappa shape index (κ3) is 4.29. The number of fused-ring (bicyclic) bond motifs is 1. The third-order valence-corrected chi connectivity index (χ3v) is 7.78. The van der Waals surface area contributed by atoms with E-state index in [1.807, 2.05) is 13.8 Å². The maximum absolute atomic E-state index is 12.6. The van der Waals surface area contributed by atoms with Crippen LogP contribution in [-0.2, 0) is 38.1 Å². The lowest BCUT2D eigenvalue weighted by Crippen LogP contribution is -2.36. The summed E-state index contributed by atoms with van der Waals surface area (Å²) < 4.78 is 72.1. The van der Waals surface area contributed by atoms with E-state index < -0.39 is 44.7 Å². The molecule has 2 fully saturated rings. The summed E-state index contributed by atoms with van der Waals surface area (Å²) in [5.74, 6) is 0. The van der Waals surface area contributed by atoms with Crippen LogP contribution in [0.25, 0.3) is 0 Å². The molecule has 0 unspecified atom stereocenters. The highest BCUT2D eigenvalue weighted by Gasteiger charge is 2.51. The average molecular weight is 455 g/mol. The van der Waals surface area contributed by atoms with Crippen LogP contribution in [0.3, 0.4) is 0 Å². The lowest BCUT2D eigenvalue weighted by Gasteiger charge is -2.17. The van der Waals surface area contributed by atoms with Crippen molar-refractivity contribution < 1.29 is 34.7 Å². The molecule has 2 heterocycles. The molecule has 0 N–H and O–H groups in total. The van der Waals surface area contributed by atoms with Crippen LogP contribution in [0.4, 0.5) is 0 Å². The van der Waals surface area contributed by atoms with Gasteiger partial charge in [-0.3, -0.25) is 8.37 Å². The first-order valence-electron chi connectivity index (χ1n) is 9.39. The molecule has 2 aliphatic rings. The van der Waals surface area contributed by atoms with Gasteiger partial charge >= 0.3 is 0 Å². The highest BCUT2D eigenvalue weighted by molar-refractivity contribution is 7.87. The van der Waals surface area contributed by atoms with Crippen LogP contribution >= 0.6 is 0 Å². The van der Waals surface area contributed by atoms with E-state index in [2.05, 4.69) is 0 Å². The number of hydrogen-bond donors (Lipinski definition) is 0. The Morgan fingerprint density at radius 1 is 0.667 bits per heavy atom. The SMILES string of the molecule is Cc1ccc(S(=O)(=O)O[C@@H]2CO[C@H]3[C@@H]2OC[C@H]3OS(=O)(=O)c2ccc(C)cc2)cc1. The molecule has 0 radical (unpaired) electrons. The van der Waals surface area contributed by atoms with Crippen LogP contribution < -0.4 is 0 Å². The number of hydrogen-bond acceptors (Lipinski definition) is 8. The van der Waals surface area contributed by atoms with Gasteiger partial charge in [-0.15, -0.1) is 0 Å². The van der Waals surface area contributed by atoms with E-state index in [1.165, 1.54) is 24.3 Å². The summed E-state index contributed by atoms with van der Waals surface area (Å²) in [6.45, 7) is 3.60. The van der Waals surface area contributed by atoms with Crippen LogP contribution in [0, 0.1) is 13.8 Å². The second kappa shape index (κ2) is 8.03. The van der Waals surface area contributed by atoms with E-state index in [0.29, 0.717) is 0 Å². The zero-order chi connectivity index (χ0) is 21.5. The van der Waals surface area contributed by atoms with Gasteiger partial charge < -0.3 is 9.47 Å². The standard InChI is InChI=1S/C20H22O8S2/c1-13-3-7-15(8-4-13)29(21,22)27-17-11-25-20-18(12-26-19(17)20)28-30(23,24)16-9-5-14(2)6-10-16/h3-10,17-20H,11-12H2,1-2H3/t17-,18-,19-,20-/m1/s1. The summed E-state index contributed by atoms with van der Waals surface area (Å²) in [4.78, 5) is 0.0635. The zero-order valence-electron chi connectivity index (χ0n) is 16.4. The van der Waals surface area contributed by atoms with Crippen molar-refractivity contribution in [1.29, 1.82) is 0 Å². The largest absolute Gasteiger partial charge is 0.370 e. The molecule has 4 rings (SSSR count). The first-order valence-corrected chi connectivity index (χ1v) is 12.2. The lowest BCUT2D eigenvalue weighted by molar-refractivity contribution is 0.0220. The molecule has 10 heteroatoms. The molecular formula is C20H22O8S2. The quantitative estimate of drug-likeness (QED) is 0.610. The lowest BCUT2D eigenvalue weighted by atomic mass is 10.1. The molecule has 0 aliphatic carbocycles. The molecule has 0 aromatic heterocycles. The van der Waals surface area contributed by atoms with Gasteiger partial charge in [0.25, 0.3) is 20.2 Å². The van der Waals surface area contributed by atoms with Crippen molar-refractivity contribution in [3.8, 4) is 0 Å². The van der Waals surface area contributed by atoms with E-state index in [-0.39, 0.29) is 23.0 Å². The number of ether oxygens (including phenoxy) is 2. The number of rotatable bonds is 6. The Hall–Kier alpha value is -1.82. The van der Waals surface area contributed by atoms with Crippen molar-refractivity contribution in [2.75, 3.05) is 13.2 Å². The molecule has 0 bridgehead atoms. The summed E-state index contributed by atoms with van der Waals surface area (Å²) in [5.41, 5.74) is 1.85. The summed E-state index contributed by atoms with van der Waals surface area (Å²) in [5, 5.41) is 0. The minimum atomic E-state index is -4.02. The van der Waals surface area contributed by atoms with Crippen molar-refractivity contribution in [3.63, 3.8) is 0 Å². The first-order chi connectivity index (χ1) is 14.2. The van der Waals surface area contributed by atoms with Crippen LogP contribution in [0.5, 0.6) is 0 Å². The van der Waals surface area contributed by atoms with Crippen molar-refractivity contribution in [2.45, 2.75) is 48.1 Å². The second-order valence-corrected chi connectivity index (χ2v) is 10.5. The topological polar surface area (TPSA) is 105 Å². The van der Waals surface area contributed by atoms with Gasteiger partial charge in [-0.2, -0.15) is 16.8 Å². The van der Waals surface area contributed by atoms with Crippen LogP contribution in [0.2, 0.25) is 0 Å². The fraction of sp³-hybridized carbons (Fsp3) is 0.400. The molecule has 2 aliphatic heterocycles. The van der Waals surface area contributed by atoms with Gasteiger partial charge in [0, 0.05) is 0 Å². The van der Waals surface area contributed by atoms with Crippen molar-refractivity contribution >= 4 is 20.2 Å². The molecule has 0 amide bonds. The Labute approximate surface area is 176 Å². The molecule has 8 nitrogen and oxygen atoms in total. The predicted molar refractivity (Wildman–Crippen MR) is 106 cm³/mol. The van der Waals surface area contributed by atoms with Crippen molar-refractivity contribution in [1.82, 2.24) is 0 Å². The van der Waals surface area contributed by atoms with Gasteiger partial charge in [0.1, 0.15) is 24.4 Å². The van der Waals surface area contributed by atoms with Gasteiger partial charge in [-0.25, -0.2) is 0 Å². The number of benzene rings is 2. The molecule has 0 saturated carbocycles. The van der Waals surface area contributed by atoms with E-state index in [9.17, 15) is 16.8 Å². The van der Waals surface area contributed by atoms with Gasteiger partial charge in [0.05, 0.1) is 23.0 Å². The maximum Gasteiger partial charge on any atom is 0.297 e. The molecular weight excluding hydrogens is 432 g/mol. The highest BCUT2D eigenvalue weighted by atomic mass is 32.2. The van der Waals surface area contributed by atoms with Crippen molar-refractivity contribution in [2.24, 2.45) is 0 Å². The normalized spacial score (nSPS) is 26.6. The molecule has 2 aromatic rings. The summed E-state index contributed by atoms with van der Waals surface area (Å²) in [6, 6.07) is 12.6. The maximum atomic E-state index is 12.6. The van der Waals surface area contributed by atoms with E-state index in [0.717, 1.165) is 11.1 Å². The minimum Gasteiger partial charge on any atom is -0.370 e. The third-order valence-electron chi connectivity index (χ3n) is 5.08. The Morgan fingerprint density at radius 2 is 1.00 bits per heavy atom. The molecule has 4 atom stereocenters. The molecule has 0 spiro atoms. The van der Waals surface area contributed by atoms with E-state index >= 15 is 0 Å². The van der Waals surface area contributed by atoms with E-state index in [4.69, 9.17) is 17.8 Å². The monoisotopic (exact) mass is 454 g/mol. The Balaban J connectivity index is 1.44. The minimum absolute atomic E-state index is 0.0318. The Morgan fingerprint density at radius 3 is 1.33 bits per heavy atom. The molecule has 2 saturated heterocycles. The smallest absolute Gasteiger partial charge is 0.297 e. The molecule has 30 heavy (non-hydrogen) atoms. The summed E-state index contributed by atoms with van der Waals surface area (Å²) in [7, 11) is -8.04. The fourth-order valence-corrected chi connectivity index (χ4v) is 5.58. The van der Waals surface area contributed by atoms with Gasteiger partial charge in [0.2, 0.25) is 0 Å². The Kier molecular flexibility index (Phi) is 5.73. The van der Waals surface area contributed by atoms with E-state index in [1.54, 1.807) is 24.3 Å². The first kappa shape index (κ1) is 21.4. The van der Waals surface area contributed by atoms with Crippen LogP contribution in [0.1, 0.15) is 11.1 Å².